The molecule has 0 radical (unpaired) electrons. The van der Waals surface area contributed by atoms with Crippen LogP contribution in [0.2, 0.25) is 8.67 Å². The third-order valence-electron chi connectivity index (χ3n) is 2.64. The number of rotatable bonds is 4. The van der Waals surface area contributed by atoms with E-state index in [1.165, 1.54) is 11.3 Å². The number of methoxy groups -OCH3 is 1. The quantitative estimate of drug-likeness (QED) is 0.702. The molecular formula is C13H12BrCl2NOS. The third kappa shape index (κ3) is 3.78. The van der Waals surface area contributed by atoms with E-state index in [2.05, 4.69) is 21.2 Å². The van der Waals surface area contributed by atoms with Crippen LogP contribution in [0.4, 0.5) is 5.69 Å². The zero-order chi connectivity index (χ0) is 14.0. The van der Waals surface area contributed by atoms with Gasteiger partial charge in [-0.2, -0.15) is 0 Å². The predicted molar refractivity (Wildman–Crippen MR) is 87.1 cm³/mol. The topological polar surface area (TPSA) is 21.3 Å². The summed E-state index contributed by atoms with van der Waals surface area (Å²) in [7, 11) is 1.64. The summed E-state index contributed by atoms with van der Waals surface area (Å²) in [6.45, 7) is 2.04. The van der Waals surface area contributed by atoms with Crippen LogP contribution >= 0.6 is 50.5 Å². The Morgan fingerprint density at radius 3 is 2.58 bits per heavy atom. The molecule has 0 saturated carbocycles. The van der Waals surface area contributed by atoms with Gasteiger partial charge in [0.15, 0.2) is 0 Å². The zero-order valence-electron chi connectivity index (χ0n) is 10.3. The van der Waals surface area contributed by atoms with E-state index in [4.69, 9.17) is 27.9 Å². The fourth-order valence-corrected chi connectivity index (χ4v) is 3.86. The van der Waals surface area contributed by atoms with Gasteiger partial charge >= 0.3 is 0 Å². The SMILES string of the molecule is COc1cc(Br)cc(NC(C)c2cc(Cl)sc2Cl)c1. The van der Waals surface area contributed by atoms with E-state index < -0.39 is 0 Å². The zero-order valence-corrected chi connectivity index (χ0v) is 14.3. The van der Waals surface area contributed by atoms with Crippen molar-refractivity contribution in [3.63, 3.8) is 0 Å². The summed E-state index contributed by atoms with van der Waals surface area (Å²) >= 11 is 16.9. The number of ether oxygens (including phenoxy) is 1. The van der Waals surface area contributed by atoms with E-state index in [1.54, 1.807) is 7.11 Å². The lowest BCUT2D eigenvalue weighted by Crippen LogP contribution is -2.06. The molecule has 1 atom stereocenters. The van der Waals surface area contributed by atoms with E-state index in [9.17, 15) is 0 Å². The van der Waals surface area contributed by atoms with Crippen molar-refractivity contribution in [2.45, 2.75) is 13.0 Å². The molecule has 19 heavy (non-hydrogen) atoms. The second-order valence-corrected chi connectivity index (χ2v) is 7.23. The summed E-state index contributed by atoms with van der Waals surface area (Å²) in [6, 6.07) is 7.78. The standard InChI is InChI=1S/C13H12BrCl2NOS/c1-7(11-6-12(15)19-13(11)16)17-9-3-8(14)4-10(5-9)18-2/h3-7,17H,1-2H3. The average molecular weight is 381 g/mol. The Morgan fingerprint density at radius 1 is 1.26 bits per heavy atom. The van der Waals surface area contributed by atoms with Gasteiger partial charge in [-0.05, 0) is 25.1 Å². The molecule has 1 heterocycles. The number of hydrogen-bond acceptors (Lipinski definition) is 3. The first-order valence-electron chi connectivity index (χ1n) is 5.55. The van der Waals surface area contributed by atoms with Crippen molar-refractivity contribution in [3.05, 3.63) is 43.0 Å². The van der Waals surface area contributed by atoms with Crippen molar-refractivity contribution in [2.75, 3.05) is 12.4 Å². The van der Waals surface area contributed by atoms with Crippen LogP contribution in [0, 0.1) is 0 Å². The molecule has 0 fully saturated rings. The maximum Gasteiger partial charge on any atom is 0.122 e. The van der Waals surface area contributed by atoms with Gasteiger partial charge < -0.3 is 10.1 Å². The molecule has 1 aromatic carbocycles. The van der Waals surface area contributed by atoms with Gasteiger partial charge in [-0.1, -0.05) is 39.1 Å². The van der Waals surface area contributed by atoms with Crippen LogP contribution < -0.4 is 10.1 Å². The second-order valence-electron chi connectivity index (χ2n) is 4.03. The highest BCUT2D eigenvalue weighted by atomic mass is 79.9. The minimum Gasteiger partial charge on any atom is -0.497 e. The molecule has 1 aromatic heterocycles. The Hall–Kier alpha value is -0.420. The second kappa shape index (κ2) is 6.35. The average Bonchev–Trinajstić information content (AvgIpc) is 2.67. The summed E-state index contributed by atoms with van der Waals surface area (Å²) in [5.74, 6) is 0.790. The minimum absolute atomic E-state index is 0.0651. The third-order valence-corrected chi connectivity index (χ3v) is 4.62. The van der Waals surface area contributed by atoms with Crippen LogP contribution in [0.5, 0.6) is 5.75 Å². The van der Waals surface area contributed by atoms with Crippen molar-refractivity contribution in [3.8, 4) is 5.75 Å². The van der Waals surface area contributed by atoms with Gasteiger partial charge in [0, 0.05) is 21.8 Å². The molecular weight excluding hydrogens is 369 g/mol. The van der Waals surface area contributed by atoms with Crippen LogP contribution in [-0.4, -0.2) is 7.11 Å². The van der Waals surface area contributed by atoms with Crippen LogP contribution in [0.3, 0.4) is 0 Å². The minimum atomic E-state index is 0.0651. The molecule has 1 unspecified atom stereocenters. The van der Waals surface area contributed by atoms with E-state index in [-0.39, 0.29) is 6.04 Å². The molecule has 0 amide bonds. The Labute approximate surface area is 134 Å². The number of thiophene rings is 1. The summed E-state index contributed by atoms with van der Waals surface area (Å²) < 4.78 is 7.60. The van der Waals surface area contributed by atoms with Crippen LogP contribution in [0.1, 0.15) is 18.5 Å². The van der Waals surface area contributed by atoms with Gasteiger partial charge in [-0.3, -0.25) is 0 Å². The van der Waals surface area contributed by atoms with Gasteiger partial charge in [-0.15, -0.1) is 11.3 Å². The van der Waals surface area contributed by atoms with Crippen LogP contribution in [0.15, 0.2) is 28.7 Å². The van der Waals surface area contributed by atoms with Crippen LogP contribution in [0.25, 0.3) is 0 Å². The molecule has 2 aromatic rings. The van der Waals surface area contributed by atoms with Crippen molar-refractivity contribution < 1.29 is 4.74 Å². The first-order chi connectivity index (χ1) is 8.99. The van der Waals surface area contributed by atoms with E-state index in [1.807, 2.05) is 31.2 Å². The van der Waals surface area contributed by atoms with Gasteiger partial charge in [0.2, 0.25) is 0 Å². The van der Waals surface area contributed by atoms with Crippen molar-refractivity contribution in [2.24, 2.45) is 0 Å². The maximum atomic E-state index is 6.16. The normalized spacial score (nSPS) is 12.3. The Bertz CT molecular complexity index is 588. The molecule has 0 bridgehead atoms. The molecule has 0 saturated heterocycles. The van der Waals surface area contributed by atoms with Gasteiger partial charge in [0.25, 0.3) is 0 Å². The molecule has 1 N–H and O–H groups in total. The molecule has 0 aliphatic heterocycles. The number of halogens is 3. The van der Waals surface area contributed by atoms with Crippen molar-refractivity contribution in [1.82, 2.24) is 0 Å². The van der Waals surface area contributed by atoms with Crippen LogP contribution in [-0.2, 0) is 0 Å². The Kier molecular flexibility index (Phi) is 5.01. The highest BCUT2D eigenvalue weighted by Gasteiger charge is 2.13. The fraction of sp³-hybridized carbons (Fsp3) is 0.231. The number of hydrogen-bond donors (Lipinski definition) is 1. The molecule has 0 spiro atoms. The van der Waals surface area contributed by atoms with E-state index in [0.29, 0.717) is 8.67 Å². The highest BCUT2D eigenvalue weighted by molar-refractivity contribution is 9.10. The summed E-state index contributed by atoms with van der Waals surface area (Å²) in [5.41, 5.74) is 1.95. The predicted octanol–water partition coefficient (Wildman–Crippen LogP) is 6.00. The fourth-order valence-electron chi connectivity index (χ4n) is 1.74. The van der Waals surface area contributed by atoms with Crippen molar-refractivity contribution in [1.29, 1.82) is 0 Å². The largest absolute Gasteiger partial charge is 0.497 e. The molecule has 2 rings (SSSR count). The summed E-state index contributed by atoms with van der Waals surface area (Å²) in [4.78, 5) is 0. The summed E-state index contributed by atoms with van der Waals surface area (Å²) in [5, 5.41) is 3.38. The lowest BCUT2D eigenvalue weighted by Gasteiger charge is -2.16. The lowest BCUT2D eigenvalue weighted by atomic mass is 10.1. The molecule has 0 aliphatic rings. The number of benzene rings is 1. The Balaban J connectivity index is 2.21. The first-order valence-corrected chi connectivity index (χ1v) is 7.92. The maximum absolute atomic E-state index is 6.16. The van der Waals surface area contributed by atoms with Gasteiger partial charge in [-0.25, -0.2) is 0 Å². The molecule has 2 nitrogen and oxygen atoms in total. The number of anilines is 1. The van der Waals surface area contributed by atoms with E-state index in [0.717, 1.165) is 21.5 Å². The molecule has 0 aliphatic carbocycles. The molecule has 6 heteroatoms. The van der Waals surface area contributed by atoms with Gasteiger partial charge in [0.1, 0.15) is 5.75 Å². The van der Waals surface area contributed by atoms with E-state index >= 15 is 0 Å². The first kappa shape index (κ1) is 15.0. The molecule has 102 valence electrons. The Morgan fingerprint density at radius 2 is 2.00 bits per heavy atom. The number of nitrogens with one attached hydrogen (secondary N) is 1. The highest BCUT2D eigenvalue weighted by Crippen LogP contribution is 2.36. The monoisotopic (exact) mass is 379 g/mol. The van der Waals surface area contributed by atoms with Gasteiger partial charge in [0.05, 0.1) is 21.8 Å². The smallest absolute Gasteiger partial charge is 0.122 e. The van der Waals surface area contributed by atoms with Crippen molar-refractivity contribution >= 4 is 56.2 Å². The lowest BCUT2D eigenvalue weighted by molar-refractivity contribution is 0.414. The summed E-state index contributed by atoms with van der Waals surface area (Å²) in [6.07, 6.45) is 0.